The Bertz CT molecular complexity index is 1020. The van der Waals surface area contributed by atoms with Gasteiger partial charge in [-0.25, -0.2) is 9.67 Å². The van der Waals surface area contributed by atoms with Gasteiger partial charge in [-0.3, -0.25) is 0 Å². The molecular weight excluding hydrogens is 388 g/mol. The molecule has 0 radical (unpaired) electrons. The topological polar surface area (TPSA) is 97.2 Å². The van der Waals surface area contributed by atoms with Gasteiger partial charge in [0.15, 0.2) is 11.6 Å². The molecule has 0 spiro atoms. The van der Waals surface area contributed by atoms with Gasteiger partial charge in [-0.15, -0.1) is 10.2 Å². The monoisotopic (exact) mass is 418 g/mol. The number of nitrogens with one attached hydrogen (secondary N) is 2. The summed E-state index contributed by atoms with van der Waals surface area (Å²) < 4.78 is 2.10. The number of hydrogen-bond acceptors (Lipinski definition) is 6. The van der Waals surface area contributed by atoms with Gasteiger partial charge in [0.2, 0.25) is 0 Å². The van der Waals surface area contributed by atoms with E-state index >= 15 is 0 Å². The number of nitrogens with zero attached hydrogens (tertiary/aromatic N) is 6. The first-order chi connectivity index (χ1) is 15.2. The second kappa shape index (κ2) is 9.24. The SMILES string of the molecule is CCCCn1nc(C(C)CC)nc1Cc1ccc(C2(c3nn[nH]n3)C=CNC=C2)cc1. The summed E-state index contributed by atoms with van der Waals surface area (Å²) in [5, 5.41) is 22.7. The highest BCUT2D eigenvalue weighted by atomic mass is 15.5. The van der Waals surface area contributed by atoms with E-state index in [0.29, 0.717) is 11.7 Å². The molecule has 0 aliphatic carbocycles. The minimum Gasteiger partial charge on any atom is -0.368 e. The predicted molar refractivity (Wildman–Crippen MR) is 119 cm³/mol. The van der Waals surface area contributed by atoms with E-state index in [-0.39, 0.29) is 0 Å². The van der Waals surface area contributed by atoms with Crippen LogP contribution in [0.3, 0.4) is 0 Å². The Balaban J connectivity index is 1.60. The Morgan fingerprint density at radius 2 is 1.87 bits per heavy atom. The fourth-order valence-corrected chi connectivity index (χ4v) is 3.76. The normalized spacial score (nSPS) is 15.7. The molecule has 0 fully saturated rings. The van der Waals surface area contributed by atoms with Crippen LogP contribution in [0.2, 0.25) is 0 Å². The van der Waals surface area contributed by atoms with Crippen LogP contribution < -0.4 is 5.32 Å². The van der Waals surface area contributed by atoms with E-state index < -0.39 is 5.41 Å². The number of aromatic amines is 1. The number of benzene rings is 1. The van der Waals surface area contributed by atoms with E-state index in [2.05, 4.69) is 75.7 Å². The summed E-state index contributed by atoms with van der Waals surface area (Å²) >= 11 is 0. The van der Waals surface area contributed by atoms with E-state index in [9.17, 15) is 0 Å². The number of aryl methyl sites for hydroxylation is 1. The average Bonchev–Trinajstić information content (AvgIpc) is 3.49. The molecule has 0 bridgehead atoms. The van der Waals surface area contributed by atoms with Gasteiger partial charge in [0, 0.05) is 18.9 Å². The summed E-state index contributed by atoms with van der Waals surface area (Å²) in [6, 6.07) is 8.58. The van der Waals surface area contributed by atoms with Gasteiger partial charge in [-0.1, -0.05) is 56.7 Å². The van der Waals surface area contributed by atoms with Crippen LogP contribution in [-0.4, -0.2) is 35.4 Å². The van der Waals surface area contributed by atoms with E-state index in [1.54, 1.807) is 0 Å². The second-order valence-corrected chi connectivity index (χ2v) is 8.08. The lowest BCUT2D eigenvalue weighted by molar-refractivity contribution is 0.539. The van der Waals surface area contributed by atoms with Crippen molar-refractivity contribution in [1.29, 1.82) is 0 Å². The lowest BCUT2D eigenvalue weighted by Crippen LogP contribution is -2.28. The zero-order valence-electron chi connectivity index (χ0n) is 18.4. The first-order valence-corrected chi connectivity index (χ1v) is 11.0. The molecule has 0 amide bonds. The summed E-state index contributed by atoms with van der Waals surface area (Å²) in [7, 11) is 0. The molecule has 0 saturated carbocycles. The first-order valence-electron chi connectivity index (χ1n) is 11.0. The molecule has 3 heterocycles. The van der Waals surface area contributed by atoms with Crippen molar-refractivity contribution in [2.45, 2.75) is 64.3 Å². The highest BCUT2D eigenvalue weighted by Gasteiger charge is 2.34. The van der Waals surface area contributed by atoms with E-state index in [1.807, 2.05) is 24.6 Å². The molecule has 1 aliphatic rings. The van der Waals surface area contributed by atoms with Crippen molar-refractivity contribution < 1.29 is 0 Å². The van der Waals surface area contributed by atoms with Crippen LogP contribution in [0, 0.1) is 0 Å². The van der Waals surface area contributed by atoms with Gasteiger partial charge in [0.25, 0.3) is 0 Å². The quantitative estimate of drug-likeness (QED) is 0.551. The number of dihydropyridines is 1. The minimum atomic E-state index is -0.540. The molecule has 1 atom stereocenters. The number of rotatable bonds is 9. The number of allylic oxidation sites excluding steroid dienone is 2. The van der Waals surface area contributed by atoms with Crippen LogP contribution in [0.15, 0.2) is 48.8 Å². The van der Waals surface area contributed by atoms with Crippen molar-refractivity contribution in [1.82, 2.24) is 40.7 Å². The maximum Gasteiger partial charge on any atom is 0.192 e. The molecule has 8 heteroatoms. The highest BCUT2D eigenvalue weighted by molar-refractivity contribution is 5.46. The first kappa shape index (κ1) is 21.0. The van der Waals surface area contributed by atoms with Gasteiger partial charge in [-0.05, 0) is 48.5 Å². The molecule has 4 rings (SSSR count). The maximum absolute atomic E-state index is 4.88. The van der Waals surface area contributed by atoms with Crippen LogP contribution in [0.25, 0.3) is 0 Å². The summed E-state index contributed by atoms with van der Waals surface area (Å²) in [6.07, 6.45) is 11.9. The van der Waals surface area contributed by atoms with Gasteiger partial charge >= 0.3 is 0 Å². The Morgan fingerprint density at radius 3 is 2.52 bits per heavy atom. The van der Waals surface area contributed by atoms with Crippen molar-refractivity contribution in [2.24, 2.45) is 0 Å². The van der Waals surface area contributed by atoms with Crippen molar-refractivity contribution in [3.63, 3.8) is 0 Å². The smallest absolute Gasteiger partial charge is 0.192 e. The third kappa shape index (κ3) is 4.28. The van der Waals surface area contributed by atoms with E-state index in [0.717, 1.165) is 49.4 Å². The molecule has 1 aromatic carbocycles. The molecule has 1 unspecified atom stereocenters. The van der Waals surface area contributed by atoms with Crippen LogP contribution in [0.4, 0.5) is 0 Å². The molecule has 3 aromatic rings. The van der Waals surface area contributed by atoms with E-state index in [4.69, 9.17) is 10.1 Å². The van der Waals surface area contributed by atoms with Crippen molar-refractivity contribution in [2.75, 3.05) is 0 Å². The summed E-state index contributed by atoms with van der Waals surface area (Å²) in [5.74, 6) is 2.97. The Hall–Kier alpha value is -3.29. The lowest BCUT2D eigenvalue weighted by Gasteiger charge is -2.26. The molecule has 1 aliphatic heterocycles. The Morgan fingerprint density at radius 1 is 1.10 bits per heavy atom. The van der Waals surface area contributed by atoms with Crippen LogP contribution in [-0.2, 0) is 18.4 Å². The number of unbranched alkanes of at least 4 members (excludes halogenated alkanes) is 1. The number of aromatic nitrogens is 7. The number of hydrogen-bond donors (Lipinski definition) is 2. The third-order valence-corrected chi connectivity index (χ3v) is 5.94. The summed E-state index contributed by atoms with van der Waals surface area (Å²) in [5.41, 5.74) is 1.75. The number of tetrazole rings is 1. The maximum atomic E-state index is 4.88. The number of H-pyrrole nitrogens is 1. The Labute approximate surface area is 182 Å². The molecule has 2 N–H and O–H groups in total. The molecule has 162 valence electrons. The fraction of sp³-hybridized carbons (Fsp3) is 0.435. The summed E-state index contributed by atoms with van der Waals surface area (Å²) in [6.45, 7) is 7.49. The zero-order chi connectivity index (χ0) is 21.7. The molecule has 0 saturated heterocycles. The summed E-state index contributed by atoms with van der Waals surface area (Å²) in [4.78, 5) is 4.88. The highest BCUT2D eigenvalue weighted by Crippen LogP contribution is 2.34. The van der Waals surface area contributed by atoms with Crippen molar-refractivity contribution in [3.8, 4) is 0 Å². The zero-order valence-corrected chi connectivity index (χ0v) is 18.4. The molecule has 8 nitrogen and oxygen atoms in total. The van der Waals surface area contributed by atoms with Gasteiger partial charge in [0.05, 0.1) is 5.41 Å². The molecule has 31 heavy (non-hydrogen) atoms. The standard InChI is InChI=1S/C23H30N8/c1-4-6-15-31-20(25-21(28-31)17(3)5-2)16-18-7-9-19(10-8-18)23(11-13-24-14-12-23)22-26-29-30-27-22/h7-14,17,24H,4-6,15-16H2,1-3H3,(H,26,27,29,30). The van der Waals surface area contributed by atoms with Crippen molar-refractivity contribution in [3.05, 3.63) is 77.4 Å². The molecular formula is C23H30N8. The van der Waals surface area contributed by atoms with Crippen LogP contribution in [0.5, 0.6) is 0 Å². The average molecular weight is 419 g/mol. The van der Waals surface area contributed by atoms with Gasteiger partial charge in [-0.2, -0.15) is 10.3 Å². The van der Waals surface area contributed by atoms with Gasteiger partial charge < -0.3 is 5.32 Å². The van der Waals surface area contributed by atoms with Crippen LogP contribution >= 0.6 is 0 Å². The van der Waals surface area contributed by atoms with Crippen molar-refractivity contribution >= 4 is 0 Å². The Kier molecular flexibility index (Phi) is 6.25. The molecule has 2 aromatic heterocycles. The predicted octanol–water partition coefficient (Wildman–Crippen LogP) is 3.61. The van der Waals surface area contributed by atoms with E-state index in [1.165, 1.54) is 5.56 Å². The van der Waals surface area contributed by atoms with Gasteiger partial charge in [0.1, 0.15) is 5.82 Å². The third-order valence-electron chi connectivity index (χ3n) is 5.94. The van der Waals surface area contributed by atoms with Crippen LogP contribution in [0.1, 0.15) is 74.6 Å². The fourth-order valence-electron chi connectivity index (χ4n) is 3.76. The second-order valence-electron chi connectivity index (χ2n) is 8.08. The largest absolute Gasteiger partial charge is 0.368 e. The lowest BCUT2D eigenvalue weighted by atomic mass is 9.78. The minimum absolute atomic E-state index is 0.373.